The second kappa shape index (κ2) is 11.0. The van der Waals surface area contributed by atoms with Gasteiger partial charge in [-0.3, -0.25) is 0 Å². The van der Waals surface area contributed by atoms with Gasteiger partial charge in [0.05, 0.1) is 25.7 Å². The Bertz CT molecular complexity index is 523. The molecule has 0 aliphatic carbocycles. The minimum Gasteiger partial charge on any atom is -0.493 e. The fourth-order valence-corrected chi connectivity index (χ4v) is 1.82. The predicted molar refractivity (Wildman–Crippen MR) is 92.5 cm³/mol. The zero-order valence-corrected chi connectivity index (χ0v) is 13.1. The highest BCUT2D eigenvalue weighted by molar-refractivity contribution is 5.21. The van der Waals surface area contributed by atoms with E-state index in [2.05, 4.69) is 0 Å². The van der Waals surface area contributed by atoms with Crippen molar-refractivity contribution in [2.24, 2.45) is 0 Å². The van der Waals surface area contributed by atoms with Gasteiger partial charge < -0.3 is 14.2 Å². The number of ether oxygens (including phenoxy) is 3. The molecule has 0 bridgehead atoms. The molecular formula is C20H22O3. The van der Waals surface area contributed by atoms with Gasteiger partial charge in [0, 0.05) is 12.8 Å². The third-order valence-corrected chi connectivity index (χ3v) is 2.94. The monoisotopic (exact) mass is 310 g/mol. The third kappa shape index (κ3) is 7.77. The molecule has 0 fully saturated rings. The van der Waals surface area contributed by atoms with E-state index in [-0.39, 0.29) is 0 Å². The summed E-state index contributed by atoms with van der Waals surface area (Å²) >= 11 is 0. The Hall–Kier alpha value is -2.68. The molecule has 3 nitrogen and oxygen atoms in total. The quantitative estimate of drug-likeness (QED) is 0.458. The molecule has 2 rings (SSSR count). The summed E-state index contributed by atoms with van der Waals surface area (Å²) in [6.07, 6.45) is 8.83. The molecule has 0 spiro atoms. The maximum absolute atomic E-state index is 5.57. The largest absolute Gasteiger partial charge is 0.493 e. The lowest BCUT2D eigenvalue weighted by Crippen LogP contribution is -1.95. The summed E-state index contributed by atoms with van der Waals surface area (Å²) in [4.78, 5) is 0. The van der Waals surface area contributed by atoms with Crippen LogP contribution in [0.5, 0.6) is 11.5 Å². The Morgan fingerprint density at radius 3 is 1.48 bits per heavy atom. The van der Waals surface area contributed by atoms with Crippen molar-refractivity contribution < 1.29 is 14.2 Å². The van der Waals surface area contributed by atoms with Crippen molar-refractivity contribution in [2.75, 3.05) is 13.2 Å². The van der Waals surface area contributed by atoms with Gasteiger partial charge >= 0.3 is 0 Å². The van der Waals surface area contributed by atoms with E-state index < -0.39 is 0 Å². The second-order valence-electron chi connectivity index (χ2n) is 4.78. The molecule has 0 heterocycles. The molecule has 120 valence electrons. The first-order chi connectivity index (χ1) is 11.4. The molecule has 0 aliphatic heterocycles. The van der Waals surface area contributed by atoms with Gasteiger partial charge in [-0.25, -0.2) is 0 Å². The first-order valence-corrected chi connectivity index (χ1v) is 7.76. The normalized spacial score (nSPS) is 11.0. The zero-order chi connectivity index (χ0) is 16.0. The van der Waals surface area contributed by atoms with Crippen LogP contribution in [0.1, 0.15) is 12.8 Å². The zero-order valence-electron chi connectivity index (χ0n) is 13.1. The van der Waals surface area contributed by atoms with E-state index in [1.165, 1.54) is 0 Å². The van der Waals surface area contributed by atoms with E-state index in [9.17, 15) is 0 Å². The molecule has 0 saturated carbocycles. The Morgan fingerprint density at radius 2 is 1.04 bits per heavy atom. The molecule has 0 saturated heterocycles. The van der Waals surface area contributed by atoms with Gasteiger partial charge in [-0.2, -0.15) is 0 Å². The van der Waals surface area contributed by atoms with Crippen molar-refractivity contribution in [1.29, 1.82) is 0 Å². The van der Waals surface area contributed by atoms with Crippen LogP contribution >= 0.6 is 0 Å². The Kier molecular flexibility index (Phi) is 7.95. The lowest BCUT2D eigenvalue weighted by Gasteiger charge is -2.03. The first-order valence-electron chi connectivity index (χ1n) is 7.76. The van der Waals surface area contributed by atoms with Crippen molar-refractivity contribution in [3.8, 4) is 11.5 Å². The minimum atomic E-state index is 0.637. The molecule has 0 N–H and O–H groups in total. The van der Waals surface area contributed by atoms with Crippen molar-refractivity contribution in [2.45, 2.75) is 12.8 Å². The number of rotatable bonds is 10. The highest BCUT2D eigenvalue weighted by atomic mass is 16.5. The van der Waals surface area contributed by atoms with Crippen molar-refractivity contribution >= 4 is 0 Å². The summed E-state index contributed by atoms with van der Waals surface area (Å²) in [5, 5.41) is 0. The van der Waals surface area contributed by atoms with Gasteiger partial charge in [0.15, 0.2) is 0 Å². The molecule has 0 radical (unpaired) electrons. The maximum atomic E-state index is 5.57. The molecule has 0 unspecified atom stereocenters. The second-order valence-corrected chi connectivity index (χ2v) is 4.78. The van der Waals surface area contributed by atoms with Gasteiger partial charge in [-0.15, -0.1) is 0 Å². The van der Waals surface area contributed by atoms with Gasteiger partial charge in [-0.1, -0.05) is 36.4 Å². The van der Waals surface area contributed by atoms with Crippen molar-refractivity contribution in [3.05, 3.63) is 85.3 Å². The summed E-state index contributed by atoms with van der Waals surface area (Å²) in [5.74, 6) is 1.78. The van der Waals surface area contributed by atoms with E-state index >= 15 is 0 Å². The smallest absolute Gasteiger partial charge is 0.119 e. The molecule has 2 aromatic carbocycles. The minimum absolute atomic E-state index is 0.637. The summed E-state index contributed by atoms with van der Waals surface area (Å²) in [6.45, 7) is 1.27. The molecular weight excluding hydrogens is 288 g/mol. The van der Waals surface area contributed by atoms with Gasteiger partial charge in [0.2, 0.25) is 0 Å². The summed E-state index contributed by atoms with van der Waals surface area (Å²) in [5.41, 5.74) is 0. The average molecular weight is 310 g/mol. The van der Waals surface area contributed by atoms with Gasteiger partial charge in [0.1, 0.15) is 11.5 Å². The van der Waals surface area contributed by atoms with Crippen LogP contribution in [-0.2, 0) is 4.74 Å². The van der Waals surface area contributed by atoms with Crippen LogP contribution in [-0.4, -0.2) is 13.2 Å². The van der Waals surface area contributed by atoms with E-state index in [1.54, 1.807) is 12.5 Å². The van der Waals surface area contributed by atoms with Crippen LogP contribution in [0.25, 0.3) is 0 Å². The summed E-state index contributed by atoms with van der Waals surface area (Å²) in [6, 6.07) is 19.6. The van der Waals surface area contributed by atoms with Crippen LogP contribution in [0.2, 0.25) is 0 Å². The van der Waals surface area contributed by atoms with Crippen LogP contribution in [0.4, 0.5) is 0 Å². The Balaban J connectivity index is 1.46. The highest BCUT2D eigenvalue weighted by Gasteiger charge is 1.89. The number of para-hydroxylation sites is 2. The SMILES string of the molecule is C(=COC=CCCOc1ccccc1)CCOc1ccccc1. The maximum Gasteiger partial charge on any atom is 0.119 e. The summed E-state index contributed by atoms with van der Waals surface area (Å²) in [7, 11) is 0. The molecule has 3 heteroatoms. The molecule has 2 aromatic rings. The van der Waals surface area contributed by atoms with Crippen LogP contribution in [0.3, 0.4) is 0 Å². The fourth-order valence-electron chi connectivity index (χ4n) is 1.82. The molecule has 0 aliphatic rings. The average Bonchev–Trinajstić information content (AvgIpc) is 2.61. The first kappa shape index (κ1) is 16.7. The van der Waals surface area contributed by atoms with Crippen molar-refractivity contribution in [1.82, 2.24) is 0 Å². The Morgan fingerprint density at radius 1 is 0.609 bits per heavy atom. The standard InChI is InChI=1S/C20H22O3/c1-3-11-19(12-4-1)22-17-9-7-15-21-16-8-10-18-23-20-13-5-2-6-14-20/h1-8,11-16H,9-10,17-18H2. The number of benzene rings is 2. The number of hydrogen-bond acceptors (Lipinski definition) is 3. The molecule has 0 amide bonds. The van der Waals surface area contributed by atoms with E-state index in [4.69, 9.17) is 14.2 Å². The van der Waals surface area contributed by atoms with E-state index in [1.807, 2.05) is 72.8 Å². The van der Waals surface area contributed by atoms with Crippen LogP contribution < -0.4 is 9.47 Å². The Labute approximate surface area is 137 Å². The molecule has 0 atom stereocenters. The predicted octanol–water partition coefficient (Wildman–Crippen LogP) is 4.97. The fraction of sp³-hybridized carbons (Fsp3) is 0.200. The molecule has 0 aromatic heterocycles. The summed E-state index contributed by atoms with van der Waals surface area (Å²) < 4.78 is 16.4. The van der Waals surface area contributed by atoms with Crippen LogP contribution in [0.15, 0.2) is 85.3 Å². The topological polar surface area (TPSA) is 27.7 Å². The van der Waals surface area contributed by atoms with Crippen LogP contribution in [0, 0.1) is 0 Å². The van der Waals surface area contributed by atoms with Gasteiger partial charge in [0.25, 0.3) is 0 Å². The third-order valence-electron chi connectivity index (χ3n) is 2.94. The van der Waals surface area contributed by atoms with Crippen molar-refractivity contribution in [3.63, 3.8) is 0 Å². The van der Waals surface area contributed by atoms with E-state index in [0.29, 0.717) is 13.2 Å². The lowest BCUT2D eigenvalue weighted by molar-refractivity contribution is 0.319. The van der Waals surface area contributed by atoms with Gasteiger partial charge in [-0.05, 0) is 36.4 Å². The highest BCUT2D eigenvalue weighted by Crippen LogP contribution is 2.09. The molecule has 23 heavy (non-hydrogen) atoms. The number of hydrogen-bond donors (Lipinski definition) is 0. The lowest BCUT2D eigenvalue weighted by atomic mass is 10.3. The van der Waals surface area contributed by atoms with E-state index in [0.717, 1.165) is 24.3 Å².